The molecule has 0 spiro atoms. The number of unbranched alkanes of at least 4 members (excludes halogenated alkanes) is 3. The SMILES string of the molecule is CC1(C)C(/C=C/C2=C(Oc3ccc(S(=O)(=O)O)cc3)C(=C/C=C3\N(CCCCS(=O)(=O)O)c4ccccc4C3(C)C)/CCC2)=[N+](CCCCCC(=O)NC23CC4(CCC(=O)O)CC(CCC(=O)O)(CC(CCC(=O)O)(C4)C2)C3)c2ccccc21. The van der Waals surface area contributed by atoms with Gasteiger partial charge in [-0.25, -0.2) is 0 Å². The molecular formula is C65H82N3O14S2+. The van der Waals surface area contributed by atoms with Gasteiger partial charge in [0.15, 0.2) is 5.71 Å². The van der Waals surface area contributed by atoms with Gasteiger partial charge in [0.1, 0.15) is 18.1 Å². The lowest BCUT2D eigenvalue weighted by Gasteiger charge is -2.71. The normalized spacial score (nSPS) is 25.9. The number of anilines is 1. The van der Waals surface area contributed by atoms with Crippen LogP contribution >= 0.6 is 0 Å². The zero-order valence-corrected chi connectivity index (χ0v) is 50.5. The van der Waals surface area contributed by atoms with Crippen molar-refractivity contribution in [1.29, 1.82) is 0 Å². The summed E-state index contributed by atoms with van der Waals surface area (Å²) >= 11 is 0. The highest BCUT2D eigenvalue weighted by molar-refractivity contribution is 7.86. The Bertz CT molecular complexity index is 3370. The van der Waals surface area contributed by atoms with E-state index in [0.717, 1.165) is 58.8 Å². The van der Waals surface area contributed by atoms with Crippen LogP contribution in [0.1, 0.15) is 174 Å². The van der Waals surface area contributed by atoms with Gasteiger partial charge in [0.2, 0.25) is 11.6 Å². The number of benzene rings is 3. The Morgan fingerprint density at radius 1 is 0.643 bits per heavy atom. The minimum Gasteiger partial charge on any atom is -0.481 e. The molecule has 0 unspecified atom stereocenters. The standard InChI is InChI=1S/C65H81N3O14S2/c1-60(2)49-17-7-9-19-51(49)67(36-11-5-6-21-55(69)66-65-42-62(33-30-56(70)71)39-63(43-65,34-31-57(72)73)41-64(40-62,44-65)35-32-58(74)75)53(60)28-22-45-15-14-16-46(59(45)82-47-24-26-48(27-25-47)84(79,80)81)23-29-54-61(3,4)50-18-8-10-20-52(50)68(54)37-12-13-38-83(76,77)78/h7-10,17-20,22-29H,5-6,11-16,21,30-44H2,1-4H3,(H5-,66,69,70,71,72,73,74,75,76,77,78,79,80,81)/p+1. The van der Waals surface area contributed by atoms with E-state index in [1.807, 2.05) is 24.3 Å². The van der Waals surface area contributed by atoms with E-state index in [1.54, 1.807) is 0 Å². The zero-order chi connectivity index (χ0) is 60.5. The van der Waals surface area contributed by atoms with Crippen molar-refractivity contribution in [2.24, 2.45) is 16.2 Å². The summed E-state index contributed by atoms with van der Waals surface area (Å²) in [7, 11) is -8.56. The van der Waals surface area contributed by atoms with Gasteiger partial charge in [0.25, 0.3) is 20.2 Å². The van der Waals surface area contributed by atoms with Crippen LogP contribution in [0.5, 0.6) is 5.75 Å². The van der Waals surface area contributed by atoms with Crippen molar-refractivity contribution < 1.29 is 69.8 Å². The molecule has 0 radical (unpaired) electrons. The number of carboxylic acid groups (broad SMARTS) is 3. The zero-order valence-electron chi connectivity index (χ0n) is 48.8. The maximum atomic E-state index is 14.2. The summed E-state index contributed by atoms with van der Waals surface area (Å²) in [4.78, 5) is 52.1. The molecule has 2 aliphatic heterocycles. The summed E-state index contributed by atoms with van der Waals surface area (Å²) in [5, 5.41) is 32.9. The van der Waals surface area contributed by atoms with Gasteiger partial charge < -0.3 is 30.3 Å². The summed E-state index contributed by atoms with van der Waals surface area (Å²) in [5.41, 5.74) is 5.52. The van der Waals surface area contributed by atoms with Crippen molar-refractivity contribution in [3.8, 4) is 5.75 Å². The molecule has 0 aromatic heterocycles. The lowest BCUT2D eigenvalue weighted by atomic mass is 9.35. The number of amides is 1. The molecule has 10 rings (SSSR count). The van der Waals surface area contributed by atoms with Crippen molar-refractivity contribution in [1.82, 2.24) is 5.32 Å². The molecule has 4 fully saturated rings. The summed E-state index contributed by atoms with van der Waals surface area (Å²) in [6.45, 7) is 9.93. The fourth-order valence-electron chi connectivity index (χ4n) is 16.3. The van der Waals surface area contributed by atoms with E-state index >= 15 is 0 Å². The van der Waals surface area contributed by atoms with Gasteiger partial charge in [-0.1, -0.05) is 56.3 Å². The minimum atomic E-state index is -4.46. The van der Waals surface area contributed by atoms with Crippen LogP contribution in [0.4, 0.5) is 11.4 Å². The van der Waals surface area contributed by atoms with E-state index in [4.69, 9.17) is 4.74 Å². The molecule has 452 valence electrons. The highest BCUT2D eigenvalue weighted by Gasteiger charge is 2.68. The van der Waals surface area contributed by atoms with E-state index in [0.29, 0.717) is 114 Å². The molecular weight excluding hydrogens is 1110 g/mol. The van der Waals surface area contributed by atoms with Crippen molar-refractivity contribution in [2.75, 3.05) is 23.7 Å². The molecule has 19 heteroatoms. The lowest BCUT2D eigenvalue weighted by Crippen LogP contribution is -2.69. The highest BCUT2D eigenvalue weighted by Crippen LogP contribution is 2.74. The largest absolute Gasteiger partial charge is 0.481 e. The number of allylic oxidation sites excluding steroid dienone is 7. The third kappa shape index (κ3) is 13.8. The number of carboxylic acids is 3. The number of hydrogen-bond acceptors (Lipinski definition) is 10. The molecule has 2 heterocycles. The number of para-hydroxylation sites is 2. The summed E-state index contributed by atoms with van der Waals surface area (Å²) in [5.74, 6) is -2.16. The van der Waals surface area contributed by atoms with Gasteiger partial charge in [-0.15, -0.1) is 0 Å². The second kappa shape index (κ2) is 24.2. The Morgan fingerprint density at radius 2 is 1.23 bits per heavy atom. The third-order valence-electron chi connectivity index (χ3n) is 19.0. The molecule has 5 aliphatic carbocycles. The van der Waals surface area contributed by atoms with Crippen LogP contribution in [-0.4, -0.2) is 99.7 Å². The van der Waals surface area contributed by atoms with Crippen molar-refractivity contribution in [2.45, 2.75) is 184 Å². The van der Waals surface area contributed by atoms with Gasteiger partial charge in [0, 0.05) is 78.7 Å². The maximum absolute atomic E-state index is 14.2. The number of nitrogens with one attached hydrogen (secondary N) is 1. The van der Waals surface area contributed by atoms with Crippen molar-refractivity contribution in [3.05, 3.63) is 131 Å². The van der Waals surface area contributed by atoms with Crippen LogP contribution in [0, 0.1) is 16.2 Å². The fraction of sp³-hybridized carbons (Fsp3) is 0.523. The number of carbonyl (C=O) groups excluding carboxylic acids is 1. The molecule has 84 heavy (non-hydrogen) atoms. The monoisotopic (exact) mass is 1190 g/mol. The lowest BCUT2D eigenvalue weighted by molar-refractivity contribution is -0.438. The number of rotatable bonds is 27. The minimum absolute atomic E-state index is 0.0467. The molecule has 3 aromatic carbocycles. The van der Waals surface area contributed by atoms with Gasteiger partial charge in [-0.2, -0.15) is 21.4 Å². The fourth-order valence-corrected chi connectivity index (χ4v) is 17.3. The quantitative estimate of drug-likeness (QED) is 0.0235. The predicted molar refractivity (Wildman–Crippen MR) is 320 cm³/mol. The van der Waals surface area contributed by atoms with Gasteiger partial charge in [0.05, 0.1) is 16.1 Å². The summed E-state index contributed by atoms with van der Waals surface area (Å²) in [6.07, 6.45) is 18.8. The first-order chi connectivity index (χ1) is 39.6. The van der Waals surface area contributed by atoms with Gasteiger partial charge in [-0.05, 0) is 192 Å². The van der Waals surface area contributed by atoms with Crippen LogP contribution in [-0.2, 0) is 50.2 Å². The molecule has 0 atom stereocenters. The van der Waals surface area contributed by atoms with Crippen LogP contribution in [0.25, 0.3) is 0 Å². The second-order valence-corrected chi connectivity index (χ2v) is 29.2. The van der Waals surface area contributed by atoms with Gasteiger partial charge in [-0.3, -0.25) is 28.3 Å². The van der Waals surface area contributed by atoms with Crippen LogP contribution in [0.2, 0.25) is 0 Å². The van der Waals surface area contributed by atoms with Crippen LogP contribution in [0.3, 0.4) is 0 Å². The van der Waals surface area contributed by atoms with Gasteiger partial charge >= 0.3 is 17.9 Å². The molecule has 17 nitrogen and oxygen atoms in total. The topological polar surface area (TPSA) is 265 Å². The first-order valence-electron chi connectivity index (χ1n) is 29.7. The van der Waals surface area contributed by atoms with E-state index in [-0.39, 0.29) is 42.2 Å². The molecule has 6 N–H and O–H groups in total. The number of aliphatic carboxylic acids is 3. The number of nitrogens with zero attached hydrogens (tertiary/aromatic N) is 2. The first-order valence-corrected chi connectivity index (χ1v) is 32.7. The Morgan fingerprint density at radius 3 is 1.81 bits per heavy atom. The molecule has 0 saturated heterocycles. The Balaban J connectivity index is 0.970. The predicted octanol–water partition coefficient (Wildman–Crippen LogP) is 12.0. The van der Waals surface area contributed by atoms with Crippen LogP contribution < -0.4 is 15.0 Å². The average Bonchev–Trinajstić information content (AvgIpc) is 0.977. The number of fused-ring (bicyclic) bond motifs is 2. The maximum Gasteiger partial charge on any atom is 0.303 e. The number of hydrogen-bond donors (Lipinski definition) is 6. The molecule has 1 amide bonds. The van der Waals surface area contributed by atoms with E-state index < -0.39 is 70.8 Å². The molecule has 4 bridgehead atoms. The Labute approximate surface area is 494 Å². The summed E-state index contributed by atoms with van der Waals surface area (Å²) in [6, 6.07) is 22.2. The number of ether oxygens (including phenoxy) is 1. The highest BCUT2D eigenvalue weighted by atomic mass is 32.2. The second-order valence-electron chi connectivity index (χ2n) is 26.2. The smallest absolute Gasteiger partial charge is 0.303 e. The van der Waals surface area contributed by atoms with E-state index in [2.05, 4.69) is 91.1 Å². The molecule has 4 saturated carbocycles. The Hall–Kier alpha value is -6.41. The number of carbonyl (C=O) groups is 4. The van der Waals surface area contributed by atoms with Crippen molar-refractivity contribution in [3.63, 3.8) is 0 Å². The first kappa shape index (κ1) is 62.1. The average molecular weight is 1190 g/mol. The van der Waals surface area contributed by atoms with E-state index in [9.17, 15) is 60.4 Å². The molecule has 3 aromatic rings. The summed E-state index contributed by atoms with van der Waals surface area (Å²) < 4.78 is 75.7. The molecule has 7 aliphatic rings. The van der Waals surface area contributed by atoms with Crippen LogP contribution in [0.15, 0.2) is 125 Å². The van der Waals surface area contributed by atoms with E-state index in [1.165, 1.54) is 29.8 Å². The third-order valence-corrected chi connectivity index (χ3v) is 20.7. The Kier molecular flexibility index (Phi) is 17.9. The van der Waals surface area contributed by atoms with Crippen molar-refractivity contribution >= 4 is 61.1 Å².